The predicted molar refractivity (Wildman–Crippen MR) is 68.7 cm³/mol. The first kappa shape index (κ1) is 12.8. The van der Waals surface area contributed by atoms with E-state index in [4.69, 9.17) is 4.42 Å². The van der Waals surface area contributed by atoms with Crippen molar-refractivity contribution in [3.05, 3.63) is 58.2 Å². The Balaban J connectivity index is 2.15. The van der Waals surface area contributed by atoms with Gasteiger partial charge in [-0.2, -0.15) is 0 Å². The van der Waals surface area contributed by atoms with Crippen molar-refractivity contribution in [2.45, 2.75) is 13.0 Å². The number of carbonyl (C=O) groups excluding carboxylic acids is 1. The third kappa shape index (κ3) is 2.79. The third-order valence-corrected chi connectivity index (χ3v) is 3.18. The van der Waals surface area contributed by atoms with Crippen LogP contribution >= 0.6 is 15.9 Å². The van der Waals surface area contributed by atoms with Gasteiger partial charge in [0.1, 0.15) is 11.6 Å². The number of furan rings is 1. The lowest BCUT2D eigenvalue weighted by atomic mass is 10.2. The lowest BCUT2D eigenvalue weighted by molar-refractivity contribution is 0.0934. The third-order valence-electron chi connectivity index (χ3n) is 2.49. The molecule has 2 aromatic rings. The van der Waals surface area contributed by atoms with Crippen molar-refractivity contribution < 1.29 is 13.6 Å². The fourth-order valence-corrected chi connectivity index (χ4v) is 1.98. The van der Waals surface area contributed by atoms with Crippen LogP contribution in [0.1, 0.15) is 29.1 Å². The second-order valence-electron chi connectivity index (χ2n) is 3.83. The fourth-order valence-electron chi connectivity index (χ4n) is 1.55. The summed E-state index contributed by atoms with van der Waals surface area (Å²) >= 11 is 3.22. The number of benzene rings is 1. The number of rotatable bonds is 3. The van der Waals surface area contributed by atoms with Crippen LogP contribution in [0.5, 0.6) is 0 Å². The van der Waals surface area contributed by atoms with Crippen LogP contribution < -0.4 is 5.32 Å². The highest BCUT2D eigenvalue weighted by Crippen LogP contribution is 2.19. The van der Waals surface area contributed by atoms with Gasteiger partial charge in [-0.05, 0) is 53.2 Å². The Bertz CT molecular complexity index is 554. The van der Waals surface area contributed by atoms with Crippen molar-refractivity contribution in [1.29, 1.82) is 0 Å². The predicted octanol–water partition coefficient (Wildman–Crippen LogP) is 3.67. The molecule has 0 saturated carbocycles. The fraction of sp³-hybridized carbons (Fsp3) is 0.154. The first-order chi connectivity index (χ1) is 8.58. The number of carbonyl (C=O) groups is 1. The summed E-state index contributed by atoms with van der Waals surface area (Å²) in [6.07, 6.45) is 1.54. The molecule has 94 valence electrons. The first-order valence-corrected chi connectivity index (χ1v) is 6.16. The zero-order valence-corrected chi connectivity index (χ0v) is 11.2. The van der Waals surface area contributed by atoms with Gasteiger partial charge in [0.2, 0.25) is 0 Å². The van der Waals surface area contributed by atoms with Crippen molar-refractivity contribution in [1.82, 2.24) is 5.32 Å². The topological polar surface area (TPSA) is 42.2 Å². The highest BCUT2D eigenvalue weighted by molar-refractivity contribution is 9.10. The molecule has 1 amide bonds. The summed E-state index contributed by atoms with van der Waals surface area (Å²) in [6.45, 7) is 1.80. The SMILES string of the molecule is CC(NC(=O)c1cc(F)ccc1Br)c1ccco1. The van der Waals surface area contributed by atoms with Crippen LogP contribution in [0.3, 0.4) is 0 Å². The molecule has 1 aromatic carbocycles. The van der Waals surface area contributed by atoms with E-state index in [1.165, 1.54) is 24.5 Å². The summed E-state index contributed by atoms with van der Waals surface area (Å²) in [7, 11) is 0. The Morgan fingerprint density at radius 2 is 2.22 bits per heavy atom. The van der Waals surface area contributed by atoms with E-state index >= 15 is 0 Å². The Kier molecular flexibility index (Phi) is 3.81. The molecule has 1 aromatic heterocycles. The molecule has 0 aliphatic heterocycles. The molecule has 0 saturated heterocycles. The first-order valence-electron chi connectivity index (χ1n) is 5.37. The normalized spacial score (nSPS) is 12.2. The van der Waals surface area contributed by atoms with Crippen LogP contribution in [-0.2, 0) is 0 Å². The molecule has 0 aliphatic carbocycles. The lowest BCUT2D eigenvalue weighted by Gasteiger charge is -2.12. The zero-order valence-electron chi connectivity index (χ0n) is 9.61. The summed E-state index contributed by atoms with van der Waals surface area (Å²) in [4.78, 5) is 12.0. The molecule has 18 heavy (non-hydrogen) atoms. The van der Waals surface area contributed by atoms with Gasteiger partial charge in [0.15, 0.2) is 0 Å². The van der Waals surface area contributed by atoms with Crippen LogP contribution in [-0.4, -0.2) is 5.91 Å². The van der Waals surface area contributed by atoms with Gasteiger partial charge < -0.3 is 9.73 Å². The molecule has 5 heteroatoms. The van der Waals surface area contributed by atoms with Gasteiger partial charge in [0.05, 0.1) is 17.9 Å². The smallest absolute Gasteiger partial charge is 0.253 e. The molecule has 1 unspecified atom stereocenters. The molecule has 0 spiro atoms. The van der Waals surface area contributed by atoms with E-state index in [9.17, 15) is 9.18 Å². The van der Waals surface area contributed by atoms with E-state index in [0.717, 1.165) is 0 Å². The molecule has 3 nitrogen and oxygen atoms in total. The minimum atomic E-state index is -0.450. The average molecular weight is 312 g/mol. The molecule has 0 aliphatic rings. The molecule has 1 atom stereocenters. The number of hydrogen-bond donors (Lipinski definition) is 1. The molecular formula is C13H11BrFNO2. The summed E-state index contributed by atoms with van der Waals surface area (Å²) in [5.74, 6) is -0.157. The molecule has 1 N–H and O–H groups in total. The van der Waals surface area contributed by atoms with E-state index in [-0.39, 0.29) is 17.5 Å². The van der Waals surface area contributed by atoms with Crippen molar-refractivity contribution >= 4 is 21.8 Å². The van der Waals surface area contributed by atoms with Gasteiger partial charge in [0.25, 0.3) is 5.91 Å². The molecule has 2 rings (SSSR count). The van der Waals surface area contributed by atoms with E-state index in [0.29, 0.717) is 10.2 Å². The number of amides is 1. The van der Waals surface area contributed by atoms with Gasteiger partial charge in [-0.3, -0.25) is 4.79 Å². The summed E-state index contributed by atoms with van der Waals surface area (Å²) in [5.41, 5.74) is 0.258. The van der Waals surface area contributed by atoms with Gasteiger partial charge in [-0.15, -0.1) is 0 Å². The van der Waals surface area contributed by atoms with E-state index in [2.05, 4.69) is 21.2 Å². The number of hydrogen-bond acceptors (Lipinski definition) is 2. The van der Waals surface area contributed by atoms with Gasteiger partial charge in [0, 0.05) is 4.47 Å². The van der Waals surface area contributed by atoms with E-state index in [1.807, 2.05) is 0 Å². The Morgan fingerprint density at radius 1 is 1.44 bits per heavy atom. The Hall–Kier alpha value is -1.62. The number of halogens is 2. The van der Waals surface area contributed by atoms with E-state index in [1.54, 1.807) is 19.1 Å². The van der Waals surface area contributed by atoms with Gasteiger partial charge >= 0.3 is 0 Å². The maximum absolute atomic E-state index is 13.1. The van der Waals surface area contributed by atoms with Crippen LogP contribution in [0.2, 0.25) is 0 Å². The summed E-state index contributed by atoms with van der Waals surface area (Å²) in [6, 6.07) is 7.22. The number of nitrogens with one attached hydrogen (secondary N) is 1. The molecule has 0 bridgehead atoms. The average Bonchev–Trinajstić information content (AvgIpc) is 2.85. The second-order valence-corrected chi connectivity index (χ2v) is 4.69. The van der Waals surface area contributed by atoms with Crippen molar-refractivity contribution in [3.8, 4) is 0 Å². The second kappa shape index (κ2) is 5.35. The monoisotopic (exact) mass is 311 g/mol. The van der Waals surface area contributed by atoms with Gasteiger partial charge in [-0.1, -0.05) is 0 Å². The molecule has 0 radical (unpaired) electrons. The van der Waals surface area contributed by atoms with Gasteiger partial charge in [-0.25, -0.2) is 4.39 Å². The molecule has 1 heterocycles. The van der Waals surface area contributed by atoms with Crippen molar-refractivity contribution in [2.75, 3.05) is 0 Å². The largest absolute Gasteiger partial charge is 0.467 e. The van der Waals surface area contributed by atoms with Crippen LogP contribution in [0, 0.1) is 5.82 Å². The maximum Gasteiger partial charge on any atom is 0.253 e. The zero-order chi connectivity index (χ0) is 13.1. The van der Waals surface area contributed by atoms with Crippen LogP contribution in [0.4, 0.5) is 4.39 Å². The molecule has 0 fully saturated rings. The lowest BCUT2D eigenvalue weighted by Crippen LogP contribution is -2.26. The Labute approximate surface area is 112 Å². The molecular weight excluding hydrogens is 301 g/mol. The minimum Gasteiger partial charge on any atom is -0.467 e. The van der Waals surface area contributed by atoms with Crippen molar-refractivity contribution in [3.63, 3.8) is 0 Å². The highest BCUT2D eigenvalue weighted by atomic mass is 79.9. The highest BCUT2D eigenvalue weighted by Gasteiger charge is 2.16. The van der Waals surface area contributed by atoms with E-state index < -0.39 is 5.82 Å². The van der Waals surface area contributed by atoms with Crippen LogP contribution in [0.15, 0.2) is 45.5 Å². The Morgan fingerprint density at radius 3 is 2.89 bits per heavy atom. The minimum absolute atomic E-state index is 0.258. The van der Waals surface area contributed by atoms with Crippen molar-refractivity contribution in [2.24, 2.45) is 0 Å². The van der Waals surface area contributed by atoms with Crippen LogP contribution in [0.25, 0.3) is 0 Å². The maximum atomic E-state index is 13.1. The standard InChI is InChI=1S/C13H11BrFNO2/c1-8(12-3-2-6-18-12)16-13(17)10-7-9(15)4-5-11(10)14/h2-8H,1H3,(H,16,17). The summed E-state index contributed by atoms with van der Waals surface area (Å²) in [5, 5.41) is 2.74. The quantitative estimate of drug-likeness (QED) is 0.939. The summed E-state index contributed by atoms with van der Waals surface area (Å²) < 4.78 is 18.8.